The second-order valence-electron chi connectivity index (χ2n) is 5.35. The van der Waals surface area contributed by atoms with E-state index in [4.69, 9.17) is 0 Å². The van der Waals surface area contributed by atoms with Gasteiger partial charge in [-0.3, -0.25) is 0 Å². The van der Waals surface area contributed by atoms with Gasteiger partial charge in [0.05, 0.1) is 0 Å². The Morgan fingerprint density at radius 3 is 1.86 bits per heavy atom. The molecule has 0 radical (unpaired) electrons. The summed E-state index contributed by atoms with van der Waals surface area (Å²) in [5, 5.41) is 0. The molecule has 0 heterocycles. The number of benzene rings is 1. The van der Waals surface area contributed by atoms with Gasteiger partial charge in [-0.1, -0.05) is 63.8 Å². The van der Waals surface area contributed by atoms with Crippen LogP contribution >= 0.6 is 0 Å². The van der Waals surface area contributed by atoms with Gasteiger partial charge in [0.2, 0.25) is 0 Å². The van der Waals surface area contributed by atoms with Crippen LogP contribution in [-0.4, -0.2) is 8.07 Å². The smallest absolute Gasteiger partial charge is 0.0477 e. The van der Waals surface area contributed by atoms with Gasteiger partial charge in [0.15, 0.2) is 0 Å². The molecule has 0 aromatic heterocycles. The average Bonchev–Trinajstić information content (AvgIpc) is 2.15. The molecule has 0 fully saturated rings. The molecule has 14 heavy (non-hydrogen) atoms. The predicted molar refractivity (Wildman–Crippen MR) is 67.6 cm³/mol. The van der Waals surface area contributed by atoms with Gasteiger partial charge in [-0.25, -0.2) is 0 Å². The topological polar surface area (TPSA) is 0 Å². The van der Waals surface area contributed by atoms with Crippen LogP contribution in [0.1, 0.15) is 25.3 Å². The van der Waals surface area contributed by atoms with E-state index in [1.165, 1.54) is 5.56 Å². The summed E-state index contributed by atoms with van der Waals surface area (Å²) in [6.07, 6.45) is 0. The van der Waals surface area contributed by atoms with Crippen LogP contribution < -0.4 is 0 Å². The minimum absolute atomic E-state index is 0.697. The molecule has 0 aliphatic rings. The summed E-state index contributed by atoms with van der Waals surface area (Å²) >= 11 is 0. The van der Waals surface area contributed by atoms with Crippen LogP contribution in [0.25, 0.3) is 0 Å². The van der Waals surface area contributed by atoms with Crippen molar-refractivity contribution in [3.8, 4) is 0 Å². The number of hydrogen-bond donors (Lipinski definition) is 0. The molecule has 1 aromatic rings. The van der Waals surface area contributed by atoms with Gasteiger partial charge in [0, 0.05) is 8.07 Å². The third-order valence-corrected chi connectivity index (χ3v) is 6.67. The second-order valence-corrected chi connectivity index (χ2v) is 11.0. The average molecular weight is 206 g/mol. The Bertz CT molecular complexity index is 271. The quantitative estimate of drug-likeness (QED) is 0.638. The van der Waals surface area contributed by atoms with Crippen LogP contribution in [0.4, 0.5) is 0 Å². The summed E-state index contributed by atoms with van der Waals surface area (Å²) in [5.74, 6) is 0.697. The molecule has 0 aliphatic heterocycles. The molecule has 0 nitrogen and oxygen atoms in total. The van der Waals surface area contributed by atoms with E-state index in [0.717, 1.165) is 5.54 Å². The Balaban J connectivity index is 2.81. The molecule has 0 saturated heterocycles. The maximum Gasteiger partial charge on any atom is 0.0477 e. The summed E-state index contributed by atoms with van der Waals surface area (Å²) in [5.41, 5.74) is 2.33. The van der Waals surface area contributed by atoms with E-state index >= 15 is 0 Å². The van der Waals surface area contributed by atoms with Crippen molar-refractivity contribution in [1.82, 2.24) is 0 Å². The van der Waals surface area contributed by atoms with Crippen molar-refractivity contribution >= 4 is 8.07 Å². The van der Waals surface area contributed by atoms with E-state index in [-0.39, 0.29) is 0 Å². The first kappa shape index (κ1) is 11.5. The normalized spacial score (nSPS) is 16.4. The summed E-state index contributed by atoms with van der Waals surface area (Å²) < 4.78 is 0. The van der Waals surface area contributed by atoms with Crippen LogP contribution in [0, 0.1) is 0 Å². The standard InChI is InChI=1S/C13H22Si/c1-11(12(2)14(3,4)5)13-9-7-6-8-10-13/h6-12H,1-5H3/t11-,12-/m1/s1. The number of rotatable bonds is 3. The van der Waals surface area contributed by atoms with Gasteiger partial charge in [-0.15, -0.1) is 0 Å². The van der Waals surface area contributed by atoms with Crippen molar-refractivity contribution in [3.05, 3.63) is 35.9 Å². The van der Waals surface area contributed by atoms with Crippen molar-refractivity contribution in [2.24, 2.45) is 0 Å². The van der Waals surface area contributed by atoms with Gasteiger partial charge in [-0.05, 0) is 17.0 Å². The molecule has 0 amide bonds. The molecular formula is C13H22Si. The predicted octanol–water partition coefficient (Wildman–Crippen LogP) is 4.52. The Morgan fingerprint density at radius 2 is 1.43 bits per heavy atom. The lowest BCUT2D eigenvalue weighted by molar-refractivity contribution is 0.707. The molecule has 1 aromatic carbocycles. The lowest BCUT2D eigenvalue weighted by atomic mass is 9.98. The Hall–Kier alpha value is -0.563. The fourth-order valence-corrected chi connectivity index (χ4v) is 3.49. The zero-order valence-corrected chi connectivity index (χ0v) is 11.0. The van der Waals surface area contributed by atoms with Crippen molar-refractivity contribution in [3.63, 3.8) is 0 Å². The molecule has 0 N–H and O–H groups in total. The molecule has 78 valence electrons. The molecule has 1 heteroatoms. The van der Waals surface area contributed by atoms with Crippen molar-refractivity contribution < 1.29 is 0 Å². The third-order valence-electron chi connectivity index (χ3n) is 3.44. The van der Waals surface area contributed by atoms with E-state index in [9.17, 15) is 0 Å². The van der Waals surface area contributed by atoms with Crippen LogP contribution in [0.3, 0.4) is 0 Å². The minimum atomic E-state index is -1.01. The van der Waals surface area contributed by atoms with Gasteiger partial charge in [-0.2, -0.15) is 0 Å². The van der Waals surface area contributed by atoms with Crippen LogP contribution in [-0.2, 0) is 0 Å². The first-order valence-electron chi connectivity index (χ1n) is 5.48. The molecule has 0 aliphatic carbocycles. The van der Waals surface area contributed by atoms with E-state index in [1.807, 2.05) is 0 Å². The highest BCUT2D eigenvalue weighted by molar-refractivity contribution is 6.77. The molecule has 0 unspecified atom stereocenters. The summed E-state index contributed by atoms with van der Waals surface area (Å²) in [6.45, 7) is 12.1. The molecule has 1 rings (SSSR count). The highest BCUT2D eigenvalue weighted by atomic mass is 28.3. The fraction of sp³-hybridized carbons (Fsp3) is 0.538. The second kappa shape index (κ2) is 4.31. The highest BCUT2D eigenvalue weighted by Gasteiger charge is 2.27. The molecule has 0 saturated carbocycles. The van der Waals surface area contributed by atoms with Gasteiger partial charge < -0.3 is 0 Å². The van der Waals surface area contributed by atoms with Crippen LogP contribution in [0.15, 0.2) is 30.3 Å². The lowest BCUT2D eigenvalue weighted by Crippen LogP contribution is -2.29. The van der Waals surface area contributed by atoms with E-state index in [1.54, 1.807) is 0 Å². The first-order chi connectivity index (χ1) is 6.43. The van der Waals surface area contributed by atoms with Crippen molar-refractivity contribution in [1.29, 1.82) is 0 Å². The third kappa shape index (κ3) is 2.71. The van der Waals surface area contributed by atoms with Crippen molar-refractivity contribution in [2.45, 2.75) is 44.9 Å². The van der Waals surface area contributed by atoms with Gasteiger partial charge in [0.25, 0.3) is 0 Å². The Labute approximate surface area is 89.4 Å². The minimum Gasteiger partial charge on any atom is -0.0693 e. The zero-order chi connectivity index (χ0) is 10.8. The fourth-order valence-electron chi connectivity index (χ4n) is 1.80. The molecule has 0 bridgehead atoms. The van der Waals surface area contributed by atoms with Gasteiger partial charge in [0.1, 0.15) is 0 Å². The number of hydrogen-bond acceptors (Lipinski definition) is 0. The highest BCUT2D eigenvalue weighted by Crippen LogP contribution is 2.35. The van der Waals surface area contributed by atoms with E-state index in [0.29, 0.717) is 5.92 Å². The van der Waals surface area contributed by atoms with E-state index in [2.05, 4.69) is 63.8 Å². The SMILES string of the molecule is C[C@H]([C@@H](C)c1ccccc1)[Si](C)(C)C. The van der Waals surface area contributed by atoms with Crippen LogP contribution in [0.2, 0.25) is 25.2 Å². The van der Waals surface area contributed by atoms with Crippen molar-refractivity contribution in [2.75, 3.05) is 0 Å². The zero-order valence-electron chi connectivity index (χ0n) is 10.0. The van der Waals surface area contributed by atoms with Crippen LogP contribution in [0.5, 0.6) is 0 Å². The Morgan fingerprint density at radius 1 is 0.929 bits per heavy atom. The Kier molecular flexibility index (Phi) is 3.54. The molecule has 2 atom stereocenters. The largest absolute Gasteiger partial charge is 0.0693 e. The first-order valence-corrected chi connectivity index (χ1v) is 9.05. The summed E-state index contributed by atoms with van der Waals surface area (Å²) in [7, 11) is -1.01. The molecule has 0 spiro atoms. The van der Waals surface area contributed by atoms with E-state index < -0.39 is 8.07 Å². The summed E-state index contributed by atoms with van der Waals surface area (Å²) in [4.78, 5) is 0. The molecular weight excluding hydrogens is 184 g/mol. The maximum atomic E-state index is 2.46. The van der Waals surface area contributed by atoms with Gasteiger partial charge >= 0.3 is 0 Å². The summed E-state index contributed by atoms with van der Waals surface area (Å²) in [6, 6.07) is 10.9. The lowest BCUT2D eigenvalue weighted by Gasteiger charge is -2.31. The maximum absolute atomic E-state index is 2.46. The monoisotopic (exact) mass is 206 g/mol.